The summed E-state index contributed by atoms with van der Waals surface area (Å²) < 4.78 is 9.84. The van der Waals surface area contributed by atoms with Gasteiger partial charge in [0.25, 0.3) is 5.78 Å². The van der Waals surface area contributed by atoms with E-state index in [0.29, 0.717) is 17.1 Å². The van der Waals surface area contributed by atoms with E-state index >= 15 is 0 Å². The van der Waals surface area contributed by atoms with E-state index in [4.69, 9.17) is 21.1 Å². The van der Waals surface area contributed by atoms with E-state index in [9.17, 15) is 14.4 Å². The molecule has 1 aromatic carbocycles. The maximum Gasteiger partial charge on any atom is 0.379 e. The fraction of sp³-hybridized carbons (Fsp3) is 0.481. The molecule has 0 saturated carbocycles. The van der Waals surface area contributed by atoms with Crippen LogP contribution in [-0.2, 0) is 23.9 Å². The van der Waals surface area contributed by atoms with E-state index < -0.39 is 24.6 Å². The van der Waals surface area contributed by atoms with Crippen molar-refractivity contribution >= 4 is 46.8 Å². The third-order valence-electron chi connectivity index (χ3n) is 6.21. The molecule has 5 nitrogen and oxygen atoms in total. The van der Waals surface area contributed by atoms with E-state index in [1.54, 1.807) is 0 Å². The Bertz CT molecular complexity index is 1090. The molecule has 0 saturated heterocycles. The lowest BCUT2D eigenvalue weighted by molar-refractivity contribution is -0.149. The maximum atomic E-state index is 13.4. The Hall–Kier alpha value is -2.10. The molecule has 186 valence electrons. The lowest BCUT2D eigenvalue weighted by Crippen LogP contribution is -2.37. The van der Waals surface area contributed by atoms with Crippen molar-refractivity contribution in [3.05, 3.63) is 51.3 Å². The summed E-state index contributed by atoms with van der Waals surface area (Å²) in [5, 5.41) is 1.38. The standard InChI is InChI=1S/C27H36ClO5P/c1-15(2)19-12-20(16(3)4)24(21(13-19)17(5)6)34(11-10-22(28)18(7)14-34)25(27(31)33-9)23(29)26(30)32-8/h10,12-17H,11H2,1-9H3. The van der Waals surface area contributed by atoms with Crippen LogP contribution in [0, 0.1) is 0 Å². The number of esters is 2. The summed E-state index contributed by atoms with van der Waals surface area (Å²) in [5.74, 6) is -0.368. The predicted octanol–water partition coefficient (Wildman–Crippen LogP) is 5.83. The first-order valence-corrected chi connectivity index (χ1v) is 13.9. The minimum absolute atomic E-state index is 0.116. The van der Waals surface area contributed by atoms with Gasteiger partial charge in [-0.3, -0.25) is 4.79 Å². The average Bonchev–Trinajstić information content (AvgIpc) is 2.79. The van der Waals surface area contributed by atoms with Crippen LogP contribution in [0.3, 0.4) is 0 Å². The van der Waals surface area contributed by atoms with Crippen LogP contribution in [0.4, 0.5) is 0 Å². The first-order valence-electron chi connectivity index (χ1n) is 11.5. The highest BCUT2D eigenvalue weighted by Crippen LogP contribution is 2.57. The lowest BCUT2D eigenvalue weighted by atomic mass is 9.89. The van der Waals surface area contributed by atoms with Gasteiger partial charge in [-0.25, -0.2) is 9.59 Å². The Morgan fingerprint density at radius 3 is 1.76 bits per heavy atom. The van der Waals surface area contributed by atoms with E-state index in [1.165, 1.54) is 12.7 Å². The minimum atomic E-state index is -2.91. The zero-order valence-electron chi connectivity index (χ0n) is 21.6. The van der Waals surface area contributed by atoms with Crippen molar-refractivity contribution in [2.24, 2.45) is 0 Å². The quantitative estimate of drug-likeness (QED) is 0.201. The van der Waals surface area contributed by atoms with E-state index in [1.807, 2.05) is 18.8 Å². The van der Waals surface area contributed by atoms with Crippen molar-refractivity contribution in [3.63, 3.8) is 0 Å². The fourth-order valence-corrected chi connectivity index (χ4v) is 9.33. The van der Waals surface area contributed by atoms with Crippen LogP contribution in [-0.4, -0.2) is 43.4 Å². The second-order valence-electron chi connectivity index (χ2n) is 9.59. The number of halogens is 1. The number of Topliss-reactive ketones (excluding diaryl/α,β-unsaturated/α-hetero) is 1. The van der Waals surface area contributed by atoms with Gasteiger partial charge in [0.1, 0.15) is 5.29 Å². The molecule has 2 rings (SSSR count). The minimum Gasteiger partial charge on any atom is -0.465 e. The molecule has 34 heavy (non-hydrogen) atoms. The number of carbonyl (C=O) groups excluding carboxylic acids is 3. The number of allylic oxidation sites excluding steroid dienone is 3. The molecular weight excluding hydrogens is 471 g/mol. The molecule has 1 aliphatic heterocycles. The summed E-state index contributed by atoms with van der Waals surface area (Å²) in [4.78, 5) is 39.1. The van der Waals surface area contributed by atoms with Crippen molar-refractivity contribution in [2.75, 3.05) is 20.4 Å². The average molecular weight is 507 g/mol. The van der Waals surface area contributed by atoms with Crippen molar-refractivity contribution in [2.45, 2.75) is 66.2 Å². The largest absolute Gasteiger partial charge is 0.465 e. The molecule has 0 aliphatic carbocycles. The third kappa shape index (κ3) is 5.26. The molecule has 1 aliphatic rings. The van der Waals surface area contributed by atoms with Gasteiger partial charge in [-0.1, -0.05) is 77.2 Å². The molecule has 1 aromatic rings. The molecule has 0 bridgehead atoms. The number of methoxy groups -OCH3 is 2. The van der Waals surface area contributed by atoms with Gasteiger partial charge in [0, 0.05) is 5.03 Å². The molecule has 1 unspecified atom stereocenters. The number of hydrogen-bond acceptors (Lipinski definition) is 5. The van der Waals surface area contributed by atoms with Crippen LogP contribution in [0.15, 0.2) is 34.6 Å². The van der Waals surface area contributed by atoms with Crippen LogP contribution in [0.1, 0.15) is 82.9 Å². The van der Waals surface area contributed by atoms with Gasteiger partial charge in [0.05, 0.1) is 14.2 Å². The number of hydrogen-bond donors (Lipinski definition) is 0. The van der Waals surface area contributed by atoms with Crippen molar-refractivity contribution in [3.8, 4) is 0 Å². The number of benzene rings is 1. The number of rotatable bonds is 7. The summed E-state index contributed by atoms with van der Waals surface area (Å²) in [5.41, 5.74) is 4.09. The molecule has 1 heterocycles. The highest BCUT2D eigenvalue weighted by Gasteiger charge is 2.40. The summed E-state index contributed by atoms with van der Waals surface area (Å²) >= 11 is 6.45. The van der Waals surface area contributed by atoms with E-state index in [-0.39, 0.29) is 17.1 Å². The maximum absolute atomic E-state index is 13.4. The predicted molar refractivity (Wildman–Crippen MR) is 142 cm³/mol. The Morgan fingerprint density at radius 2 is 1.38 bits per heavy atom. The topological polar surface area (TPSA) is 69.7 Å². The Labute approximate surface area is 208 Å². The lowest BCUT2D eigenvalue weighted by Gasteiger charge is -2.35. The van der Waals surface area contributed by atoms with Gasteiger partial charge in [-0.15, -0.1) is 0 Å². The second-order valence-corrected chi connectivity index (χ2v) is 13.3. The number of carbonyl (C=O) groups is 3. The highest BCUT2D eigenvalue weighted by atomic mass is 35.5. The Balaban J connectivity index is 3.29. The van der Waals surface area contributed by atoms with Crippen molar-refractivity contribution in [1.82, 2.24) is 0 Å². The van der Waals surface area contributed by atoms with Crippen LogP contribution in [0.25, 0.3) is 0 Å². The third-order valence-corrected chi connectivity index (χ3v) is 10.8. The highest BCUT2D eigenvalue weighted by molar-refractivity contribution is 7.89. The van der Waals surface area contributed by atoms with Crippen LogP contribution in [0.2, 0.25) is 0 Å². The molecule has 7 heteroatoms. The smallest absolute Gasteiger partial charge is 0.379 e. The molecule has 0 radical (unpaired) electrons. The van der Waals surface area contributed by atoms with Gasteiger partial charge in [0.2, 0.25) is 0 Å². The summed E-state index contributed by atoms with van der Waals surface area (Å²) in [6.45, 7) is 11.7. The molecule has 0 N–H and O–H groups in total. The Morgan fingerprint density at radius 1 is 0.882 bits per heavy atom. The van der Waals surface area contributed by atoms with Crippen molar-refractivity contribution in [1.29, 1.82) is 0 Å². The molecule has 0 aromatic heterocycles. The van der Waals surface area contributed by atoms with Gasteiger partial charge >= 0.3 is 11.9 Å². The monoisotopic (exact) mass is 506 g/mol. The molecule has 0 spiro atoms. The fourth-order valence-electron chi connectivity index (χ4n) is 4.35. The second kappa shape index (κ2) is 11.1. The van der Waals surface area contributed by atoms with Crippen LogP contribution < -0.4 is 5.30 Å². The summed E-state index contributed by atoms with van der Waals surface area (Å²) in [6, 6.07) is 4.36. The molecule has 0 fully saturated rings. The number of ketones is 1. The van der Waals surface area contributed by atoms with Crippen molar-refractivity contribution < 1.29 is 23.9 Å². The summed E-state index contributed by atoms with van der Waals surface area (Å²) in [6.07, 6.45) is 2.19. The first-order chi connectivity index (χ1) is 15.8. The zero-order chi connectivity index (χ0) is 26.0. The normalized spacial score (nSPS) is 18.0. The molecule has 0 amide bonds. The molecule has 1 atom stereocenters. The molecular formula is C27H36ClO5P. The Kier molecular flexibility index (Phi) is 9.18. The first kappa shape index (κ1) is 28.1. The van der Waals surface area contributed by atoms with E-state index in [2.05, 4.69) is 53.7 Å². The SMILES string of the molecule is COC(=O)C(=O)C(C(=O)OC)=P1(c2c(C(C)C)cc(C(C)C)cc2C(C)C)C=C(C)C(Cl)=CC1. The van der Waals surface area contributed by atoms with Gasteiger partial charge in [0.15, 0.2) is 0 Å². The van der Waals surface area contributed by atoms with E-state index in [0.717, 1.165) is 29.1 Å². The number of ether oxygens (including phenoxy) is 2. The van der Waals surface area contributed by atoms with Crippen LogP contribution >= 0.6 is 18.5 Å². The van der Waals surface area contributed by atoms with Gasteiger partial charge in [-0.05, 0) is 65.3 Å². The van der Waals surface area contributed by atoms with Gasteiger partial charge < -0.3 is 9.47 Å². The van der Waals surface area contributed by atoms with Crippen LogP contribution in [0.5, 0.6) is 0 Å². The zero-order valence-corrected chi connectivity index (χ0v) is 23.3. The summed E-state index contributed by atoms with van der Waals surface area (Å²) in [7, 11) is 2.36. The van der Waals surface area contributed by atoms with Gasteiger partial charge in [-0.2, -0.15) is 0 Å².